The minimum atomic E-state index is 0.766. The van der Waals surface area contributed by atoms with E-state index >= 15 is 0 Å². The SMILES string of the molecule is CC/C(N)=C/NN. The van der Waals surface area contributed by atoms with Crippen LogP contribution in [0.3, 0.4) is 0 Å². The van der Waals surface area contributed by atoms with Crippen molar-refractivity contribution >= 4 is 0 Å². The standard InChI is InChI=1S/C4H11N3/c1-2-4(5)3-7-6/h3,7H,2,5-6H2,1H3/b4-3-. The topological polar surface area (TPSA) is 64.1 Å². The molecule has 0 aromatic rings. The molecular formula is C4H11N3. The number of allylic oxidation sites excluding steroid dienone is 1. The van der Waals surface area contributed by atoms with Gasteiger partial charge in [-0.05, 0) is 6.42 Å². The Hall–Kier alpha value is -0.700. The molecule has 0 heterocycles. The van der Waals surface area contributed by atoms with Gasteiger partial charge in [0.1, 0.15) is 0 Å². The molecule has 0 saturated carbocycles. The van der Waals surface area contributed by atoms with Crippen LogP contribution in [0.4, 0.5) is 0 Å². The van der Waals surface area contributed by atoms with Crippen LogP contribution in [0, 0.1) is 0 Å². The van der Waals surface area contributed by atoms with E-state index in [0.717, 1.165) is 12.1 Å². The van der Waals surface area contributed by atoms with Crippen LogP contribution in [0.25, 0.3) is 0 Å². The van der Waals surface area contributed by atoms with Crippen LogP contribution >= 0.6 is 0 Å². The van der Waals surface area contributed by atoms with Gasteiger partial charge in [-0.1, -0.05) is 6.92 Å². The molecule has 0 saturated heterocycles. The van der Waals surface area contributed by atoms with Crippen molar-refractivity contribution in [1.82, 2.24) is 5.43 Å². The van der Waals surface area contributed by atoms with Crippen molar-refractivity contribution in [3.05, 3.63) is 11.9 Å². The monoisotopic (exact) mass is 101 g/mol. The van der Waals surface area contributed by atoms with E-state index < -0.39 is 0 Å². The molecule has 3 nitrogen and oxygen atoms in total. The molecule has 0 bridgehead atoms. The first-order valence-electron chi connectivity index (χ1n) is 2.22. The molecule has 0 unspecified atom stereocenters. The third-order valence-corrected chi connectivity index (χ3v) is 0.677. The number of nitrogens with one attached hydrogen (secondary N) is 1. The minimum absolute atomic E-state index is 0.766. The smallest absolute Gasteiger partial charge is 0.0310 e. The lowest BCUT2D eigenvalue weighted by Crippen LogP contribution is -2.16. The van der Waals surface area contributed by atoms with Crippen molar-refractivity contribution in [2.45, 2.75) is 13.3 Å². The van der Waals surface area contributed by atoms with Crippen molar-refractivity contribution in [2.24, 2.45) is 11.6 Å². The van der Waals surface area contributed by atoms with E-state index in [1.807, 2.05) is 6.92 Å². The number of rotatable bonds is 2. The first-order chi connectivity index (χ1) is 3.31. The van der Waals surface area contributed by atoms with Gasteiger partial charge in [-0.15, -0.1) is 0 Å². The predicted octanol–water partition coefficient (Wildman–Crippen LogP) is -0.340. The molecule has 0 aromatic heterocycles. The zero-order chi connectivity index (χ0) is 5.70. The summed E-state index contributed by atoms with van der Waals surface area (Å²) in [5.74, 6) is 4.90. The van der Waals surface area contributed by atoms with Crippen molar-refractivity contribution in [1.29, 1.82) is 0 Å². The number of hydrogen-bond donors (Lipinski definition) is 3. The Kier molecular flexibility index (Phi) is 3.14. The summed E-state index contributed by atoms with van der Waals surface area (Å²) in [6.45, 7) is 1.96. The van der Waals surface area contributed by atoms with Crippen LogP contribution in [0.5, 0.6) is 0 Å². The van der Waals surface area contributed by atoms with Gasteiger partial charge in [0.2, 0.25) is 0 Å². The van der Waals surface area contributed by atoms with E-state index in [2.05, 4.69) is 5.43 Å². The van der Waals surface area contributed by atoms with Crippen molar-refractivity contribution in [2.75, 3.05) is 0 Å². The van der Waals surface area contributed by atoms with Gasteiger partial charge in [0.25, 0.3) is 0 Å². The van der Waals surface area contributed by atoms with E-state index in [1.54, 1.807) is 6.20 Å². The normalized spacial score (nSPS) is 11.4. The largest absolute Gasteiger partial charge is 0.401 e. The Morgan fingerprint density at radius 2 is 2.43 bits per heavy atom. The molecule has 0 amide bonds. The molecule has 0 aliphatic rings. The molecule has 0 radical (unpaired) electrons. The molecule has 0 fully saturated rings. The third kappa shape index (κ3) is 3.12. The highest BCUT2D eigenvalue weighted by Crippen LogP contribution is 1.83. The predicted molar refractivity (Wildman–Crippen MR) is 29.9 cm³/mol. The van der Waals surface area contributed by atoms with Gasteiger partial charge >= 0.3 is 0 Å². The van der Waals surface area contributed by atoms with E-state index in [-0.39, 0.29) is 0 Å². The molecule has 0 aliphatic carbocycles. The zero-order valence-electron chi connectivity index (χ0n) is 4.44. The maximum absolute atomic E-state index is 5.30. The fourth-order valence-corrected chi connectivity index (χ4v) is 0.209. The minimum Gasteiger partial charge on any atom is -0.401 e. The van der Waals surface area contributed by atoms with E-state index in [0.29, 0.717) is 0 Å². The van der Waals surface area contributed by atoms with Gasteiger partial charge in [0.15, 0.2) is 0 Å². The first kappa shape index (κ1) is 6.30. The average molecular weight is 101 g/mol. The lowest BCUT2D eigenvalue weighted by Gasteiger charge is -1.91. The highest BCUT2D eigenvalue weighted by Gasteiger charge is 1.76. The van der Waals surface area contributed by atoms with Gasteiger partial charge < -0.3 is 11.2 Å². The summed E-state index contributed by atoms with van der Waals surface area (Å²) in [5.41, 5.74) is 8.40. The maximum Gasteiger partial charge on any atom is 0.0310 e. The molecule has 0 atom stereocenters. The summed E-state index contributed by atoms with van der Waals surface area (Å²) >= 11 is 0. The number of nitrogens with two attached hydrogens (primary N) is 2. The van der Waals surface area contributed by atoms with Gasteiger partial charge in [0, 0.05) is 11.9 Å². The van der Waals surface area contributed by atoms with Crippen LogP contribution in [-0.4, -0.2) is 0 Å². The molecule has 5 N–H and O–H groups in total. The Morgan fingerprint density at radius 1 is 1.86 bits per heavy atom. The molecule has 42 valence electrons. The second-order valence-corrected chi connectivity index (χ2v) is 1.24. The number of hydrazine groups is 1. The first-order valence-corrected chi connectivity index (χ1v) is 2.22. The Labute approximate surface area is 43.3 Å². The second-order valence-electron chi connectivity index (χ2n) is 1.24. The molecule has 0 aromatic carbocycles. The van der Waals surface area contributed by atoms with E-state index in [1.165, 1.54) is 0 Å². The van der Waals surface area contributed by atoms with Crippen LogP contribution in [0.2, 0.25) is 0 Å². The highest BCUT2D eigenvalue weighted by molar-refractivity contribution is 4.91. The summed E-state index contributed by atoms with van der Waals surface area (Å²) < 4.78 is 0. The van der Waals surface area contributed by atoms with Gasteiger partial charge in [-0.3, -0.25) is 5.84 Å². The van der Waals surface area contributed by atoms with Crippen LogP contribution in [0.1, 0.15) is 13.3 Å². The quantitative estimate of drug-likeness (QED) is 0.329. The van der Waals surface area contributed by atoms with Gasteiger partial charge in [-0.25, -0.2) is 0 Å². The van der Waals surface area contributed by atoms with Crippen molar-refractivity contribution in [3.8, 4) is 0 Å². The lowest BCUT2D eigenvalue weighted by molar-refractivity contribution is 0.920. The molecule has 3 heteroatoms. The Morgan fingerprint density at radius 3 is 2.57 bits per heavy atom. The van der Waals surface area contributed by atoms with Gasteiger partial charge in [0.05, 0.1) is 0 Å². The summed E-state index contributed by atoms with van der Waals surface area (Å²) in [7, 11) is 0. The lowest BCUT2D eigenvalue weighted by atomic mass is 10.4. The van der Waals surface area contributed by atoms with Crippen LogP contribution < -0.4 is 17.0 Å². The fraction of sp³-hybridized carbons (Fsp3) is 0.500. The summed E-state index contributed by atoms with van der Waals surface area (Å²) in [5, 5.41) is 0. The number of hydrogen-bond acceptors (Lipinski definition) is 3. The third-order valence-electron chi connectivity index (χ3n) is 0.677. The molecule has 0 aliphatic heterocycles. The molecule has 0 rings (SSSR count). The maximum atomic E-state index is 5.30. The molecular weight excluding hydrogens is 90.1 g/mol. The highest BCUT2D eigenvalue weighted by atomic mass is 15.2. The summed E-state index contributed by atoms with van der Waals surface area (Å²) in [6.07, 6.45) is 2.41. The molecule has 0 spiro atoms. The van der Waals surface area contributed by atoms with Crippen LogP contribution in [-0.2, 0) is 0 Å². The Balaban J connectivity index is 3.29. The van der Waals surface area contributed by atoms with E-state index in [9.17, 15) is 0 Å². The van der Waals surface area contributed by atoms with Crippen molar-refractivity contribution < 1.29 is 0 Å². The zero-order valence-corrected chi connectivity index (χ0v) is 4.44. The second kappa shape index (κ2) is 3.49. The van der Waals surface area contributed by atoms with E-state index in [4.69, 9.17) is 11.6 Å². The van der Waals surface area contributed by atoms with Crippen LogP contribution in [0.15, 0.2) is 11.9 Å². The van der Waals surface area contributed by atoms with Gasteiger partial charge in [-0.2, -0.15) is 0 Å². The Bertz CT molecular complexity index is 67.3. The molecule has 7 heavy (non-hydrogen) atoms. The van der Waals surface area contributed by atoms with Crippen molar-refractivity contribution in [3.63, 3.8) is 0 Å². The average Bonchev–Trinajstić information content (AvgIpc) is 1.68. The summed E-state index contributed by atoms with van der Waals surface area (Å²) in [4.78, 5) is 0. The fourth-order valence-electron chi connectivity index (χ4n) is 0.209. The summed E-state index contributed by atoms with van der Waals surface area (Å²) in [6, 6.07) is 0.